The van der Waals surface area contributed by atoms with Crippen LogP contribution in [-0.4, -0.2) is 17.3 Å². The van der Waals surface area contributed by atoms with Gasteiger partial charge < -0.3 is 4.90 Å². The van der Waals surface area contributed by atoms with E-state index in [1.54, 1.807) is 0 Å². The lowest BCUT2D eigenvalue weighted by Gasteiger charge is -2.31. The quantitative estimate of drug-likeness (QED) is 0.419. The highest BCUT2D eigenvalue weighted by Gasteiger charge is 2.29. The summed E-state index contributed by atoms with van der Waals surface area (Å²) >= 11 is 0. The average molecular weight is 401 g/mol. The zero-order valence-electron chi connectivity index (χ0n) is 16.8. The van der Waals surface area contributed by atoms with Crippen molar-refractivity contribution in [3.05, 3.63) is 114 Å². The van der Waals surface area contributed by atoms with Gasteiger partial charge in [0.25, 0.3) is 0 Å². The van der Waals surface area contributed by atoms with Crippen molar-refractivity contribution in [3.8, 4) is 6.07 Å². The number of pyridine rings is 1. The van der Waals surface area contributed by atoms with Crippen LogP contribution in [0.25, 0.3) is 16.5 Å². The molecule has 0 fully saturated rings. The number of aromatic nitrogens is 1. The van der Waals surface area contributed by atoms with Crippen molar-refractivity contribution in [2.24, 2.45) is 0 Å². The van der Waals surface area contributed by atoms with Crippen LogP contribution in [0.2, 0.25) is 0 Å². The molecule has 0 aliphatic carbocycles. The molecule has 5 rings (SSSR count). The van der Waals surface area contributed by atoms with Crippen LogP contribution in [0.4, 0.5) is 5.69 Å². The Labute approximate surface area is 180 Å². The number of rotatable bonds is 4. The van der Waals surface area contributed by atoms with Gasteiger partial charge in [-0.1, -0.05) is 72.8 Å². The molecule has 31 heavy (non-hydrogen) atoms. The van der Waals surface area contributed by atoms with Crippen LogP contribution < -0.4 is 4.90 Å². The number of hydrogen-bond donors (Lipinski definition) is 0. The van der Waals surface area contributed by atoms with E-state index in [9.17, 15) is 10.1 Å². The molecule has 0 saturated heterocycles. The smallest absolute Gasteiger partial charge is 0.182 e. The molecular formula is C27H19N3O. The Morgan fingerprint density at radius 2 is 1.65 bits per heavy atom. The van der Waals surface area contributed by atoms with E-state index in [0.717, 1.165) is 33.4 Å². The molecule has 3 aromatic carbocycles. The maximum atomic E-state index is 12.9. The normalized spacial score (nSPS) is 15.1. The number of anilines is 1. The molecule has 0 radical (unpaired) electrons. The first-order valence-electron chi connectivity index (χ1n) is 10.2. The molecule has 4 heteroatoms. The van der Waals surface area contributed by atoms with Gasteiger partial charge in [-0.3, -0.25) is 4.79 Å². The van der Waals surface area contributed by atoms with Crippen molar-refractivity contribution in [2.75, 3.05) is 11.4 Å². The summed E-state index contributed by atoms with van der Waals surface area (Å²) in [4.78, 5) is 19.7. The van der Waals surface area contributed by atoms with Gasteiger partial charge in [-0.15, -0.1) is 0 Å². The van der Waals surface area contributed by atoms with Gasteiger partial charge in [0.1, 0.15) is 5.92 Å². The summed E-state index contributed by atoms with van der Waals surface area (Å²) in [7, 11) is 0. The molecule has 0 N–H and O–H groups in total. The van der Waals surface area contributed by atoms with Crippen LogP contribution in [0.1, 0.15) is 27.5 Å². The van der Waals surface area contributed by atoms with E-state index in [2.05, 4.69) is 6.07 Å². The summed E-state index contributed by atoms with van der Waals surface area (Å²) in [6, 6.07) is 31.4. The van der Waals surface area contributed by atoms with Gasteiger partial charge in [0.2, 0.25) is 0 Å². The van der Waals surface area contributed by atoms with Crippen LogP contribution in [-0.2, 0) is 0 Å². The molecule has 2 heterocycles. The summed E-state index contributed by atoms with van der Waals surface area (Å²) in [5, 5.41) is 11.1. The minimum atomic E-state index is -0.451. The number of para-hydroxylation sites is 2. The van der Waals surface area contributed by atoms with Gasteiger partial charge in [0, 0.05) is 28.4 Å². The minimum absolute atomic E-state index is 0.0212. The molecule has 0 amide bonds. The summed E-state index contributed by atoms with van der Waals surface area (Å²) < 4.78 is 0. The monoisotopic (exact) mass is 401 g/mol. The van der Waals surface area contributed by atoms with E-state index in [1.165, 1.54) is 0 Å². The van der Waals surface area contributed by atoms with E-state index in [1.807, 2.05) is 102 Å². The van der Waals surface area contributed by atoms with E-state index < -0.39 is 5.92 Å². The van der Waals surface area contributed by atoms with Gasteiger partial charge in [-0.05, 0) is 23.8 Å². The molecule has 4 nitrogen and oxygen atoms in total. The van der Waals surface area contributed by atoms with Crippen molar-refractivity contribution >= 4 is 27.9 Å². The van der Waals surface area contributed by atoms with Crippen LogP contribution in [0.5, 0.6) is 0 Å². The van der Waals surface area contributed by atoms with E-state index in [4.69, 9.17) is 4.98 Å². The molecule has 1 aliphatic heterocycles. The number of hydrogen-bond acceptors (Lipinski definition) is 4. The Bertz CT molecular complexity index is 1350. The molecular weight excluding hydrogens is 382 g/mol. The number of benzene rings is 3. The zero-order chi connectivity index (χ0) is 21.2. The first-order chi connectivity index (χ1) is 15.2. The number of carbonyl (C=O) groups excluding carboxylic acids is 1. The lowest BCUT2D eigenvalue weighted by molar-refractivity contribution is 0.100. The van der Waals surface area contributed by atoms with Crippen molar-refractivity contribution < 1.29 is 4.79 Å². The van der Waals surface area contributed by atoms with E-state index in [0.29, 0.717) is 5.56 Å². The number of nitriles is 1. The molecule has 1 atom stereocenters. The Morgan fingerprint density at radius 1 is 0.903 bits per heavy atom. The fourth-order valence-electron chi connectivity index (χ4n) is 4.05. The highest BCUT2D eigenvalue weighted by molar-refractivity contribution is 6.00. The van der Waals surface area contributed by atoms with Crippen molar-refractivity contribution in [1.82, 2.24) is 4.98 Å². The third kappa shape index (κ3) is 3.47. The molecule has 1 aliphatic rings. The van der Waals surface area contributed by atoms with Crippen molar-refractivity contribution in [3.63, 3.8) is 0 Å². The Balaban J connectivity index is 1.60. The van der Waals surface area contributed by atoms with Crippen LogP contribution >= 0.6 is 0 Å². The first-order valence-corrected chi connectivity index (χ1v) is 10.2. The van der Waals surface area contributed by atoms with Gasteiger partial charge in [-0.2, -0.15) is 5.26 Å². The zero-order valence-corrected chi connectivity index (χ0v) is 16.8. The van der Waals surface area contributed by atoms with Crippen molar-refractivity contribution in [1.29, 1.82) is 5.26 Å². The van der Waals surface area contributed by atoms with Gasteiger partial charge in [0.05, 0.1) is 23.8 Å². The Hall–Kier alpha value is -4.23. The number of nitrogens with zero attached hydrogens (tertiary/aromatic N) is 3. The summed E-state index contributed by atoms with van der Waals surface area (Å²) in [6.07, 6.45) is 1.91. The minimum Gasteiger partial charge on any atom is -0.339 e. The predicted molar refractivity (Wildman–Crippen MR) is 123 cm³/mol. The van der Waals surface area contributed by atoms with Crippen molar-refractivity contribution in [2.45, 2.75) is 5.92 Å². The highest BCUT2D eigenvalue weighted by atomic mass is 16.1. The summed E-state index contributed by atoms with van der Waals surface area (Å²) in [5.74, 6) is -0.430. The number of Topliss-reactive ketones (excluding diaryl/α,β-unsaturated/α-hetero) is 1. The van der Waals surface area contributed by atoms with Crippen LogP contribution in [0, 0.1) is 11.3 Å². The maximum absolute atomic E-state index is 12.9. The summed E-state index contributed by atoms with van der Waals surface area (Å²) in [5.41, 5.74) is 4.86. The average Bonchev–Trinajstić information content (AvgIpc) is 2.84. The second-order valence-corrected chi connectivity index (χ2v) is 7.51. The first kappa shape index (κ1) is 18.8. The SMILES string of the molecule is N#C[C@H]1C(c2ccc3ccccc3n2)=CN(CC(=O)c2ccccc2)c2ccccc21. The topological polar surface area (TPSA) is 57.0 Å². The molecule has 0 unspecified atom stereocenters. The number of fused-ring (bicyclic) bond motifs is 2. The Morgan fingerprint density at radius 3 is 2.48 bits per heavy atom. The fourth-order valence-corrected chi connectivity index (χ4v) is 4.05. The maximum Gasteiger partial charge on any atom is 0.182 e. The second-order valence-electron chi connectivity index (χ2n) is 7.51. The van der Waals surface area contributed by atoms with Gasteiger partial charge >= 0.3 is 0 Å². The Kier molecular flexibility index (Phi) is 4.78. The lowest BCUT2D eigenvalue weighted by atomic mass is 9.86. The molecule has 1 aromatic heterocycles. The molecule has 148 valence electrons. The molecule has 4 aromatic rings. The van der Waals surface area contributed by atoms with Gasteiger partial charge in [0.15, 0.2) is 5.78 Å². The lowest BCUT2D eigenvalue weighted by Crippen LogP contribution is -2.29. The molecule has 0 spiro atoms. The summed E-state index contributed by atoms with van der Waals surface area (Å²) in [6.45, 7) is 0.191. The fraction of sp³-hybridized carbons (Fsp3) is 0.0741. The van der Waals surface area contributed by atoms with Gasteiger partial charge in [-0.25, -0.2) is 4.98 Å². The number of allylic oxidation sites excluding steroid dienone is 1. The second kappa shape index (κ2) is 7.89. The van der Waals surface area contributed by atoms with E-state index in [-0.39, 0.29) is 12.3 Å². The van der Waals surface area contributed by atoms with Crippen LogP contribution in [0.3, 0.4) is 0 Å². The predicted octanol–water partition coefficient (Wildman–Crippen LogP) is 5.59. The third-order valence-corrected chi connectivity index (χ3v) is 5.60. The highest BCUT2D eigenvalue weighted by Crippen LogP contribution is 2.41. The third-order valence-electron chi connectivity index (χ3n) is 5.60. The largest absolute Gasteiger partial charge is 0.339 e. The number of carbonyl (C=O) groups is 1. The molecule has 0 saturated carbocycles. The van der Waals surface area contributed by atoms with Crippen LogP contribution in [0.15, 0.2) is 97.2 Å². The van der Waals surface area contributed by atoms with E-state index >= 15 is 0 Å². The molecule has 0 bridgehead atoms. The number of ketones is 1. The standard InChI is InChI=1S/C27H19N3O/c28-16-22-21-11-5-7-13-26(21)30(18-27(31)20-9-2-1-3-10-20)17-23(22)25-15-14-19-8-4-6-12-24(19)29-25/h1-15,17,22H,18H2/t22-/m1/s1.